The zero-order chi connectivity index (χ0) is 17.3. The molecular weight excluding hydrogens is 344 g/mol. The molecule has 0 spiro atoms. The highest BCUT2D eigenvalue weighted by atomic mass is 31.2. The van der Waals surface area contributed by atoms with Gasteiger partial charge in [0, 0.05) is 19.5 Å². The third-order valence-corrected chi connectivity index (χ3v) is 8.12. The van der Waals surface area contributed by atoms with Gasteiger partial charge in [0.2, 0.25) is 0 Å². The van der Waals surface area contributed by atoms with Crippen LogP contribution in [0.3, 0.4) is 0 Å². The van der Waals surface area contributed by atoms with Crippen LogP contribution in [0.2, 0.25) is 0 Å². The topological polar surface area (TPSA) is 139 Å². The van der Waals surface area contributed by atoms with Crippen molar-refractivity contribution in [2.75, 3.05) is 19.6 Å². The summed E-state index contributed by atoms with van der Waals surface area (Å²) in [7, 11) is -10.7. The van der Waals surface area contributed by atoms with Crippen LogP contribution in [0.15, 0.2) is 30.3 Å². The summed E-state index contributed by atoms with van der Waals surface area (Å²) in [6, 6.07) is 9.76. The van der Waals surface area contributed by atoms with E-state index in [1.807, 2.05) is 35.2 Å². The molecule has 1 heterocycles. The van der Waals surface area contributed by atoms with Gasteiger partial charge in [0.15, 0.2) is 0 Å². The lowest BCUT2D eigenvalue weighted by atomic mass is 9.99. The second-order valence-corrected chi connectivity index (χ2v) is 9.82. The predicted octanol–water partition coefficient (Wildman–Crippen LogP) is 0.867. The van der Waals surface area contributed by atoms with Crippen LogP contribution in [0.1, 0.15) is 24.3 Å². The fourth-order valence-corrected chi connectivity index (χ4v) is 4.94. The number of benzene rings is 1. The quantitative estimate of drug-likeness (QED) is 0.468. The van der Waals surface area contributed by atoms with E-state index in [0.29, 0.717) is 13.1 Å². The lowest BCUT2D eigenvalue weighted by Crippen LogP contribution is -2.34. The molecule has 1 fully saturated rings. The molecule has 23 heavy (non-hydrogen) atoms. The molecule has 8 nitrogen and oxygen atoms in total. The minimum Gasteiger partial charge on any atom is -0.367 e. The maximum atomic E-state index is 11.3. The van der Waals surface area contributed by atoms with E-state index in [9.17, 15) is 14.2 Å². The van der Waals surface area contributed by atoms with Crippen LogP contribution in [0.5, 0.6) is 0 Å². The molecular formula is C13H21NO7P2. The second-order valence-electron chi connectivity index (χ2n) is 5.81. The van der Waals surface area contributed by atoms with E-state index in [1.54, 1.807) is 0 Å². The van der Waals surface area contributed by atoms with Crippen LogP contribution in [-0.2, 0) is 9.13 Å². The zero-order valence-electron chi connectivity index (χ0n) is 12.4. The third-order valence-electron chi connectivity index (χ3n) is 4.24. The predicted molar refractivity (Wildman–Crippen MR) is 83.9 cm³/mol. The van der Waals surface area contributed by atoms with Crippen LogP contribution in [0.25, 0.3) is 0 Å². The van der Waals surface area contributed by atoms with Crippen molar-refractivity contribution in [3.63, 3.8) is 0 Å². The molecule has 0 aliphatic carbocycles. The molecule has 0 bridgehead atoms. The van der Waals surface area contributed by atoms with Gasteiger partial charge in [-0.25, -0.2) is 0 Å². The average Bonchev–Trinajstić information content (AvgIpc) is 2.92. The maximum Gasteiger partial charge on any atom is 0.369 e. The van der Waals surface area contributed by atoms with E-state index in [2.05, 4.69) is 0 Å². The molecule has 1 saturated heterocycles. The molecule has 0 radical (unpaired) electrons. The van der Waals surface area contributed by atoms with Crippen molar-refractivity contribution in [1.82, 2.24) is 4.90 Å². The molecule has 1 aromatic rings. The van der Waals surface area contributed by atoms with Gasteiger partial charge < -0.3 is 29.6 Å². The molecule has 0 aromatic heterocycles. The summed E-state index contributed by atoms with van der Waals surface area (Å²) in [5.41, 5.74) is 1.15. The van der Waals surface area contributed by atoms with Crippen molar-refractivity contribution < 1.29 is 33.8 Å². The summed E-state index contributed by atoms with van der Waals surface area (Å²) in [4.78, 5) is 38.3. The second kappa shape index (κ2) is 6.75. The molecule has 1 aromatic carbocycles. The van der Waals surface area contributed by atoms with Gasteiger partial charge in [0.25, 0.3) is 5.08 Å². The first-order valence-electron chi connectivity index (χ1n) is 7.15. The van der Waals surface area contributed by atoms with Gasteiger partial charge in [-0.2, -0.15) is 0 Å². The first-order valence-corrected chi connectivity index (χ1v) is 10.4. The van der Waals surface area contributed by atoms with E-state index in [-0.39, 0.29) is 12.5 Å². The van der Waals surface area contributed by atoms with Crippen molar-refractivity contribution in [2.45, 2.75) is 23.8 Å². The summed E-state index contributed by atoms with van der Waals surface area (Å²) < 4.78 is 22.6. The largest absolute Gasteiger partial charge is 0.369 e. The summed E-state index contributed by atoms with van der Waals surface area (Å²) in [6.45, 7) is 1.25. The van der Waals surface area contributed by atoms with E-state index in [0.717, 1.165) is 12.0 Å². The Bertz CT molecular complexity index is 604. The highest BCUT2D eigenvalue weighted by Gasteiger charge is 2.59. The van der Waals surface area contributed by atoms with Crippen molar-refractivity contribution in [1.29, 1.82) is 0 Å². The normalized spacial score (nSPS) is 20.8. The lowest BCUT2D eigenvalue weighted by Gasteiger charge is -2.30. The molecule has 130 valence electrons. The standard InChI is InChI=1S/C13H21NO7P2/c15-13(22(16,17)18,23(19,20)21)7-9-14-8-6-12(10-14)11-4-2-1-3-5-11/h1-5,12,15H,6-10H2,(H2,16,17,18)(H2,19,20,21)/t12-/m1/s1. The smallest absolute Gasteiger partial charge is 0.367 e. The Kier molecular flexibility index (Phi) is 5.51. The van der Waals surface area contributed by atoms with E-state index >= 15 is 0 Å². The molecule has 5 N–H and O–H groups in total. The molecule has 1 aliphatic heterocycles. The van der Waals surface area contributed by atoms with Crippen molar-refractivity contribution in [2.24, 2.45) is 0 Å². The summed E-state index contributed by atoms with van der Waals surface area (Å²) in [5, 5.41) is 6.55. The van der Waals surface area contributed by atoms with Crippen molar-refractivity contribution in [3.05, 3.63) is 35.9 Å². The highest BCUT2D eigenvalue weighted by Crippen LogP contribution is 2.68. The monoisotopic (exact) mass is 365 g/mol. The van der Waals surface area contributed by atoms with Crippen LogP contribution >= 0.6 is 15.2 Å². The third kappa shape index (κ3) is 4.10. The fraction of sp³-hybridized carbons (Fsp3) is 0.538. The summed E-state index contributed by atoms with van der Waals surface area (Å²) in [6.07, 6.45) is 0.150. The molecule has 0 saturated carbocycles. The maximum absolute atomic E-state index is 11.3. The fourth-order valence-electron chi connectivity index (χ4n) is 2.80. The number of nitrogens with zero attached hydrogens (tertiary/aromatic N) is 1. The van der Waals surface area contributed by atoms with E-state index < -0.39 is 26.7 Å². The molecule has 2 rings (SSSR count). The van der Waals surface area contributed by atoms with Gasteiger partial charge in [-0.15, -0.1) is 0 Å². The number of aliphatic hydroxyl groups is 1. The minimum atomic E-state index is -5.37. The van der Waals surface area contributed by atoms with E-state index in [1.165, 1.54) is 0 Å². The number of hydrogen-bond acceptors (Lipinski definition) is 4. The minimum absolute atomic E-state index is 0.00392. The highest BCUT2D eigenvalue weighted by molar-refractivity contribution is 7.72. The number of likely N-dealkylation sites (tertiary alicyclic amines) is 1. The van der Waals surface area contributed by atoms with Gasteiger partial charge in [0.05, 0.1) is 0 Å². The Balaban J connectivity index is 2.01. The van der Waals surface area contributed by atoms with Crippen molar-refractivity contribution >= 4 is 15.2 Å². The number of rotatable bonds is 6. The first kappa shape index (κ1) is 18.8. The Morgan fingerprint density at radius 2 is 1.65 bits per heavy atom. The van der Waals surface area contributed by atoms with Gasteiger partial charge >= 0.3 is 15.2 Å². The Labute approximate surface area is 134 Å². The molecule has 10 heteroatoms. The molecule has 1 aliphatic rings. The van der Waals surface area contributed by atoms with Crippen LogP contribution in [0, 0.1) is 0 Å². The average molecular weight is 365 g/mol. The SMILES string of the molecule is O=P(O)(O)C(O)(CCN1CC[C@@H](c2ccccc2)C1)P(=O)(O)O. The van der Waals surface area contributed by atoms with Crippen LogP contribution < -0.4 is 0 Å². The molecule has 0 amide bonds. The van der Waals surface area contributed by atoms with E-state index in [4.69, 9.17) is 19.6 Å². The first-order chi connectivity index (χ1) is 10.5. The van der Waals surface area contributed by atoms with Crippen molar-refractivity contribution in [3.8, 4) is 0 Å². The Hall–Kier alpha value is -0.560. The van der Waals surface area contributed by atoms with Gasteiger partial charge in [-0.05, 0) is 24.4 Å². The lowest BCUT2D eigenvalue weighted by molar-refractivity contribution is 0.112. The van der Waals surface area contributed by atoms with Crippen LogP contribution in [0.4, 0.5) is 0 Å². The zero-order valence-corrected chi connectivity index (χ0v) is 14.2. The Morgan fingerprint density at radius 3 is 2.17 bits per heavy atom. The molecule has 0 unspecified atom stereocenters. The molecule has 1 atom stereocenters. The summed E-state index contributed by atoms with van der Waals surface area (Å²) >= 11 is 0. The Morgan fingerprint density at radius 1 is 1.09 bits per heavy atom. The summed E-state index contributed by atoms with van der Waals surface area (Å²) in [5.74, 6) is 0.259. The van der Waals surface area contributed by atoms with Crippen LogP contribution in [-0.4, -0.2) is 54.3 Å². The number of hydrogen-bond donors (Lipinski definition) is 5. The van der Waals surface area contributed by atoms with Gasteiger partial charge in [-0.1, -0.05) is 30.3 Å². The van der Waals surface area contributed by atoms with Gasteiger partial charge in [0.1, 0.15) is 0 Å². The van der Waals surface area contributed by atoms with Gasteiger partial charge in [-0.3, -0.25) is 9.13 Å².